The molecule has 1 atom stereocenters. The number of halogens is 2. The number of H-pyrrole nitrogens is 1. The normalized spacial score (nSPS) is 12.0. The Morgan fingerprint density at radius 1 is 1.38 bits per heavy atom. The lowest BCUT2D eigenvalue weighted by molar-refractivity contribution is -0.127. The summed E-state index contributed by atoms with van der Waals surface area (Å²) in [6, 6.07) is 8.90. The second-order valence-electron chi connectivity index (χ2n) is 5.58. The smallest absolute Gasteiger partial charge is 0.260 e. The number of amides is 1. The van der Waals surface area contributed by atoms with Gasteiger partial charge in [-0.05, 0) is 36.6 Å². The van der Waals surface area contributed by atoms with Crippen LogP contribution in [0.5, 0.6) is 5.75 Å². The fraction of sp³-hybridized carbons (Fsp3) is 0.222. The molecule has 0 fully saturated rings. The van der Waals surface area contributed by atoms with Crippen molar-refractivity contribution in [2.75, 3.05) is 6.54 Å². The third kappa shape index (κ3) is 4.58. The molecule has 0 bridgehead atoms. The molecule has 3 aromatic rings. The lowest BCUT2D eigenvalue weighted by atomic mass is 10.2. The molecule has 1 unspecified atom stereocenters. The molecule has 26 heavy (non-hydrogen) atoms. The molecule has 8 heteroatoms. The van der Waals surface area contributed by atoms with Crippen LogP contribution in [0.2, 0.25) is 10.0 Å². The van der Waals surface area contributed by atoms with Gasteiger partial charge in [0, 0.05) is 23.7 Å². The van der Waals surface area contributed by atoms with E-state index in [9.17, 15) is 4.79 Å². The first-order chi connectivity index (χ1) is 12.5. The zero-order chi connectivity index (χ0) is 18.5. The summed E-state index contributed by atoms with van der Waals surface area (Å²) in [5, 5.41) is 5.76. The van der Waals surface area contributed by atoms with Gasteiger partial charge in [-0.1, -0.05) is 29.3 Å². The first-order valence-electron chi connectivity index (χ1n) is 8.00. The van der Waals surface area contributed by atoms with Crippen molar-refractivity contribution in [2.45, 2.75) is 19.4 Å². The predicted molar refractivity (Wildman–Crippen MR) is 105 cm³/mol. The fourth-order valence-corrected chi connectivity index (χ4v) is 3.61. The molecule has 3 rings (SSSR count). The van der Waals surface area contributed by atoms with Crippen LogP contribution in [-0.2, 0) is 11.2 Å². The van der Waals surface area contributed by atoms with Gasteiger partial charge in [0.2, 0.25) is 0 Å². The molecule has 0 spiro atoms. The van der Waals surface area contributed by atoms with Crippen LogP contribution in [0, 0.1) is 0 Å². The summed E-state index contributed by atoms with van der Waals surface area (Å²) < 4.78 is 5.61. The molecule has 1 amide bonds. The molecule has 2 aromatic heterocycles. The van der Waals surface area contributed by atoms with Gasteiger partial charge in [-0.25, -0.2) is 4.98 Å². The van der Waals surface area contributed by atoms with Crippen molar-refractivity contribution in [1.29, 1.82) is 0 Å². The first kappa shape index (κ1) is 18.8. The van der Waals surface area contributed by atoms with Crippen molar-refractivity contribution < 1.29 is 9.53 Å². The number of imidazole rings is 1. The van der Waals surface area contributed by atoms with Crippen molar-refractivity contribution in [1.82, 2.24) is 15.3 Å². The predicted octanol–water partition coefficient (Wildman–Crippen LogP) is 4.57. The summed E-state index contributed by atoms with van der Waals surface area (Å²) in [5.74, 6) is 0.209. The zero-order valence-corrected chi connectivity index (χ0v) is 16.3. The second kappa shape index (κ2) is 8.58. The number of thiophene rings is 1. The highest BCUT2D eigenvalue weighted by molar-refractivity contribution is 7.13. The minimum Gasteiger partial charge on any atom is -0.479 e. The molecular formula is C18H17Cl2N3O2S. The van der Waals surface area contributed by atoms with Crippen LogP contribution in [-0.4, -0.2) is 28.5 Å². The number of ether oxygens (including phenoxy) is 1. The Hall–Kier alpha value is -2.02. The molecule has 5 nitrogen and oxygen atoms in total. The van der Waals surface area contributed by atoms with Gasteiger partial charge in [-0.3, -0.25) is 4.79 Å². The number of hydrogen-bond donors (Lipinski definition) is 2. The van der Waals surface area contributed by atoms with Crippen LogP contribution in [0.4, 0.5) is 0 Å². The Labute approximate surface area is 165 Å². The van der Waals surface area contributed by atoms with E-state index in [4.69, 9.17) is 27.9 Å². The molecule has 0 saturated heterocycles. The number of aromatic amines is 1. The van der Waals surface area contributed by atoms with E-state index >= 15 is 0 Å². The van der Waals surface area contributed by atoms with E-state index in [2.05, 4.69) is 15.3 Å². The summed E-state index contributed by atoms with van der Waals surface area (Å²) in [6.45, 7) is 2.15. The van der Waals surface area contributed by atoms with Gasteiger partial charge < -0.3 is 15.0 Å². The largest absolute Gasteiger partial charge is 0.479 e. The number of rotatable bonds is 7. The average molecular weight is 410 g/mol. The maximum atomic E-state index is 12.2. The number of nitrogens with one attached hydrogen (secondary N) is 2. The van der Waals surface area contributed by atoms with Gasteiger partial charge in [-0.15, -0.1) is 11.3 Å². The van der Waals surface area contributed by atoms with Crippen LogP contribution in [0.3, 0.4) is 0 Å². The number of carbonyl (C=O) groups excluding carboxylic acids is 1. The number of nitrogens with zero attached hydrogens (tertiary/aromatic N) is 1. The summed E-state index contributed by atoms with van der Waals surface area (Å²) in [7, 11) is 0. The van der Waals surface area contributed by atoms with Gasteiger partial charge >= 0.3 is 0 Å². The number of hydrogen-bond acceptors (Lipinski definition) is 4. The molecule has 0 aliphatic carbocycles. The van der Waals surface area contributed by atoms with Crippen molar-refractivity contribution >= 4 is 40.4 Å². The monoisotopic (exact) mass is 409 g/mol. The zero-order valence-electron chi connectivity index (χ0n) is 14.0. The van der Waals surface area contributed by atoms with Gasteiger partial charge in [0.1, 0.15) is 11.4 Å². The van der Waals surface area contributed by atoms with Crippen LogP contribution < -0.4 is 10.1 Å². The topological polar surface area (TPSA) is 67.0 Å². The first-order valence-corrected chi connectivity index (χ1v) is 9.63. The lowest BCUT2D eigenvalue weighted by Crippen LogP contribution is -2.37. The van der Waals surface area contributed by atoms with Crippen molar-refractivity contribution in [2.24, 2.45) is 0 Å². The van der Waals surface area contributed by atoms with Gasteiger partial charge in [0.15, 0.2) is 6.10 Å². The van der Waals surface area contributed by atoms with Crippen LogP contribution >= 0.6 is 34.5 Å². The summed E-state index contributed by atoms with van der Waals surface area (Å²) >= 11 is 13.6. The summed E-state index contributed by atoms with van der Waals surface area (Å²) in [4.78, 5) is 20.8. The van der Waals surface area contributed by atoms with E-state index < -0.39 is 6.10 Å². The van der Waals surface area contributed by atoms with E-state index in [1.54, 1.807) is 42.8 Å². The third-order valence-electron chi connectivity index (χ3n) is 3.71. The molecular weight excluding hydrogens is 393 g/mol. The molecule has 0 aliphatic rings. The molecule has 0 aliphatic heterocycles. The summed E-state index contributed by atoms with van der Waals surface area (Å²) in [6.07, 6.45) is 1.64. The molecule has 0 radical (unpaired) electrons. The van der Waals surface area contributed by atoms with Crippen molar-refractivity contribution in [3.05, 3.63) is 57.8 Å². The Morgan fingerprint density at radius 2 is 2.23 bits per heavy atom. The SMILES string of the molecule is CC(Oc1ccc(Cl)cc1Cl)C(=O)NCCc1[nH]cnc1-c1cccs1. The van der Waals surface area contributed by atoms with Gasteiger partial charge in [0.05, 0.1) is 16.2 Å². The molecule has 1 aromatic carbocycles. The van der Waals surface area contributed by atoms with Gasteiger partial charge in [0.25, 0.3) is 5.91 Å². The highest BCUT2D eigenvalue weighted by Gasteiger charge is 2.16. The minimum absolute atomic E-state index is 0.215. The quantitative estimate of drug-likeness (QED) is 0.600. The van der Waals surface area contributed by atoms with E-state index in [1.165, 1.54) is 0 Å². The van der Waals surface area contributed by atoms with Crippen LogP contribution in [0.1, 0.15) is 12.6 Å². The molecule has 0 saturated carbocycles. The lowest BCUT2D eigenvalue weighted by Gasteiger charge is -2.15. The number of aromatic nitrogens is 2. The third-order valence-corrected chi connectivity index (χ3v) is 5.12. The van der Waals surface area contributed by atoms with Gasteiger partial charge in [-0.2, -0.15) is 0 Å². The van der Waals surface area contributed by atoms with E-state index in [0.29, 0.717) is 28.8 Å². The number of carbonyl (C=O) groups is 1. The molecule has 136 valence electrons. The number of benzene rings is 1. The van der Waals surface area contributed by atoms with E-state index in [0.717, 1.165) is 16.3 Å². The maximum Gasteiger partial charge on any atom is 0.260 e. The maximum absolute atomic E-state index is 12.2. The van der Waals surface area contributed by atoms with E-state index in [-0.39, 0.29) is 5.91 Å². The highest BCUT2D eigenvalue weighted by Crippen LogP contribution is 2.28. The molecule has 2 N–H and O–H groups in total. The van der Waals surface area contributed by atoms with Crippen LogP contribution in [0.15, 0.2) is 42.0 Å². The summed E-state index contributed by atoms with van der Waals surface area (Å²) in [5.41, 5.74) is 1.91. The van der Waals surface area contributed by atoms with Crippen molar-refractivity contribution in [3.8, 4) is 16.3 Å². The van der Waals surface area contributed by atoms with Crippen molar-refractivity contribution in [3.63, 3.8) is 0 Å². The standard InChI is InChI=1S/C18H17Cl2N3O2S/c1-11(25-15-5-4-12(19)9-13(15)20)18(24)21-7-6-14-17(23-10-22-14)16-3-2-8-26-16/h2-5,8-11H,6-7H2,1H3,(H,21,24)(H,22,23). The molecule has 2 heterocycles. The Bertz CT molecular complexity index is 880. The highest BCUT2D eigenvalue weighted by atomic mass is 35.5. The van der Waals surface area contributed by atoms with Crippen LogP contribution in [0.25, 0.3) is 10.6 Å². The Kier molecular flexibility index (Phi) is 6.19. The van der Waals surface area contributed by atoms with E-state index in [1.807, 2.05) is 17.5 Å². The minimum atomic E-state index is -0.674. The average Bonchev–Trinajstić information content (AvgIpc) is 3.28. The Balaban J connectivity index is 1.52. The second-order valence-corrected chi connectivity index (χ2v) is 7.37. The Morgan fingerprint density at radius 3 is 2.96 bits per heavy atom. The fourth-order valence-electron chi connectivity index (χ4n) is 2.41.